The van der Waals surface area contributed by atoms with Gasteiger partial charge in [0.1, 0.15) is 0 Å². The van der Waals surface area contributed by atoms with Gasteiger partial charge in [-0.15, -0.1) is 0 Å². The van der Waals surface area contributed by atoms with E-state index in [0.29, 0.717) is 31.5 Å². The fourth-order valence-corrected chi connectivity index (χ4v) is 3.14. The number of rotatable bonds is 4. The highest BCUT2D eigenvalue weighted by molar-refractivity contribution is 5.81. The average Bonchev–Trinajstić information content (AvgIpc) is 2.60. The smallest absolute Gasteiger partial charge is 0.342 e. The first-order valence-electron chi connectivity index (χ1n) is 8.41. The number of likely N-dealkylation sites (tertiary alicyclic amines) is 1. The summed E-state index contributed by atoms with van der Waals surface area (Å²) in [5.41, 5.74) is -0.286. The Kier molecular flexibility index (Phi) is 6.08. The van der Waals surface area contributed by atoms with Gasteiger partial charge in [0.15, 0.2) is 0 Å². The normalized spacial score (nSPS) is 18.1. The maximum Gasteiger partial charge on any atom is 0.416 e. The summed E-state index contributed by atoms with van der Waals surface area (Å²) in [6.45, 7) is 2.95. The van der Waals surface area contributed by atoms with E-state index in [1.54, 1.807) is 24.9 Å². The molecule has 0 aromatic heterocycles. The average molecular weight is 356 g/mol. The van der Waals surface area contributed by atoms with Crippen LogP contribution in [0.2, 0.25) is 0 Å². The van der Waals surface area contributed by atoms with Crippen LogP contribution >= 0.6 is 0 Å². The van der Waals surface area contributed by atoms with Crippen molar-refractivity contribution in [3.63, 3.8) is 0 Å². The van der Waals surface area contributed by atoms with Gasteiger partial charge in [0.2, 0.25) is 11.8 Å². The molecule has 1 atom stereocenters. The summed E-state index contributed by atoms with van der Waals surface area (Å²) in [6.07, 6.45) is -2.54. The molecular weight excluding hydrogens is 333 g/mol. The highest BCUT2D eigenvalue weighted by Gasteiger charge is 2.31. The van der Waals surface area contributed by atoms with Crippen LogP contribution in [0.1, 0.15) is 37.3 Å². The molecule has 25 heavy (non-hydrogen) atoms. The summed E-state index contributed by atoms with van der Waals surface area (Å²) in [7, 11) is 1.59. The van der Waals surface area contributed by atoms with Crippen molar-refractivity contribution in [2.45, 2.75) is 38.9 Å². The van der Waals surface area contributed by atoms with Crippen LogP contribution in [0.25, 0.3) is 0 Å². The summed E-state index contributed by atoms with van der Waals surface area (Å²) in [5.74, 6) is -0.399. The zero-order valence-electron chi connectivity index (χ0n) is 14.5. The molecule has 7 heteroatoms. The predicted molar refractivity (Wildman–Crippen MR) is 87.5 cm³/mol. The standard InChI is InChI=1S/C18H23F3N2O2/c1-3-16(24)23-9-5-7-14(12-23)17(25)22(2)11-13-6-4-8-15(10-13)18(19,20)21/h4,6,8,10,14H,3,5,7,9,11-12H2,1-2H3/t14-/m1/s1. The molecule has 2 amide bonds. The molecule has 1 fully saturated rings. The van der Waals surface area contributed by atoms with Gasteiger partial charge in [-0.1, -0.05) is 19.1 Å². The lowest BCUT2D eigenvalue weighted by Gasteiger charge is -2.34. The Bertz CT molecular complexity index is 631. The van der Waals surface area contributed by atoms with E-state index in [4.69, 9.17) is 0 Å². The molecule has 1 aliphatic rings. The van der Waals surface area contributed by atoms with Crippen LogP contribution in [0.4, 0.5) is 13.2 Å². The van der Waals surface area contributed by atoms with Crippen LogP contribution in [0.5, 0.6) is 0 Å². The molecule has 0 aliphatic carbocycles. The van der Waals surface area contributed by atoms with Crippen LogP contribution in [0, 0.1) is 5.92 Å². The number of hydrogen-bond donors (Lipinski definition) is 0. The highest BCUT2D eigenvalue weighted by Crippen LogP contribution is 2.30. The van der Waals surface area contributed by atoms with E-state index in [1.807, 2.05) is 0 Å². The van der Waals surface area contributed by atoms with Crippen LogP contribution < -0.4 is 0 Å². The molecule has 1 aliphatic heterocycles. The number of carbonyl (C=O) groups is 2. The zero-order valence-corrected chi connectivity index (χ0v) is 14.5. The number of halogens is 3. The second kappa shape index (κ2) is 7.89. The van der Waals surface area contributed by atoms with Gasteiger partial charge in [0.25, 0.3) is 0 Å². The molecule has 1 saturated heterocycles. The van der Waals surface area contributed by atoms with Crippen molar-refractivity contribution in [3.05, 3.63) is 35.4 Å². The van der Waals surface area contributed by atoms with E-state index < -0.39 is 11.7 Å². The first kappa shape index (κ1) is 19.3. The first-order valence-corrected chi connectivity index (χ1v) is 8.41. The SMILES string of the molecule is CCC(=O)N1CCC[C@@H](C(=O)N(C)Cc2cccc(C(F)(F)F)c2)C1. The van der Waals surface area contributed by atoms with Crippen LogP contribution in [0.15, 0.2) is 24.3 Å². The van der Waals surface area contributed by atoms with Gasteiger partial charge in [0.05, 0.1) is 11.5 Å². The molecule has 0 unspecified atom stereocenters. The molecule has 138 valence electrons. The maximum absolute atomic E-state index is 12.8. The van der Waals surface area contributed by atoms with Crippen molar-refractivity contribution in [2.75, 3.05) is 20.1 Å². The van der Waals surface area contributed by atoms with Crippen molar-refractivity contribution >= 4 is 11.8 Å². The van der Waals surface area contributed by atoms with Gasteiger partial charge in [-0.25, -0.2) is 0 Å². The topological polar surface area (TPSA) is 40.6 Å². The van der Waals surface area contributed by atoms with E-state index in [1.165, 1.54) is 11.0 Å². The lowest BCUT2D eigenvalue weighted by molar-refractivity contribution is -0.140. The van der Waals surface area contributed by atoms with Gasteiger partial charge in [-0.05, 0) is 30.5 Å². The summed E-state index contributed by atoms with van der Waals surface area (Å²) in [6, 6.07) is 5.00. The van der Waals surface area contributed by atoms with Crippen LogP contribution in [-0.2, 0) is 22.3 Å². The Balaban J connectivity index is 2.02. The van der Waals surface area contributed by atoms with E-state index >= 15 is 0 Å². The van der Waals surface area contributed by atoms with Crippen molar-refractivity contribution in [3.8, 4) is 0 Å². The Morgan fingerprint density at radius 2 is 2.04 bits per heavy atom. The van der Waals surface area contributed by atoms with Crippen molar-refractivity contribution < 1.29 is 22.8 Å². The number of hydrogen-bond acceptors (Lipinski definition) is 2. The number of benzene rings is 1. The fraction of sp³-hybridized carbons (Fsp3) is 0.556. The number of alkyl halides is 3. The van der Waals surface area contributed by atoms with Crippen LogP contribution in [-0.4, -0.2) is 41.8 Å². The molecule has 2 rings (SSSR count). The van der Waals surface area contributed by atoms with Gasteiger partial charge in [0, 0.05) is 33.1 Å². The lowest BCUT2D eigenvalue weighted by Crippen LogP contribution is -2.45. The third-order valence-corrected chi connectivity index (χ3v) is 4.48. The summed E-state index contributed by atoms with van der Waals surface area (Å²) < 4.78 is 38.4. The van der Waals surface area contributed by atoms with E-state index in [9.17, 15) is 22.8 Å². The molecule has 4 nitrogen and oxygen atoms in total. The molecule has 1 aromatic carbocycles. The van der Waals surface area contributed by atoms with E-state index in [0.717, 1.165) is 18.6 Å². The minimum Gasteiger partial charge on any atom is -0.342 e. The maximum atomic E-state index is 12.8. The Morgan fingerprint density at radius 3 is 2.68 bits per heavy atom. The van der Waals surface area contributed by atoms with Gasteiger partial charge < -0.3 is 9.80 Å². The number of amides is 2. The summed E-state index contributed by atoms with van der Waals surface area (Å²) in [5, 5.41) is 0. The molecule has 1 aromatic rings. The third kappa shape index (κ3) is 4.96. The van der Waals surface area contributed by atoms with Gasteiger partial charge in [-0.3, -0.25) is 9.59 Å². The number of nitrogens with zero attached hydrogens (tertiary/aromatic N) is 2. The molecule has 0 radical (unpaired) electrons. The molecule has 0 spiro atoms. The minimum atomic E-state index is -4.40. The largest absolute Gasteiger partial charge is 0.416 e. The number of carbonyl (C=O) groups excluding carboxylic acids is 2. The Labute approximate surface area is 145 Å². The molecule has 1 heterocycles. The molecule has 0 saturated carbocycles. The van der Waals surface area contributed by atoms with Crippen molar-refractivity contribution in [1.82, 2.24) is 9.80 Å². The monoisotopic (exact) mass is 356 g/mol. The fourth-order valence-electron chi connectivity index (χ4n) is 3.14. The lowest BCUT2D eigenvalue weighted by atomic mass is 9.96. The van der Waals surface area contributed by atoms with Crippen molar-refractivity contribution in [1.29, 1.82) is 0 Å². The van der Waals surface area contributed by atoms with E-state index in [-0.39, 0.29) is 24.3 Å². The summed E-state index contributed by atoms with van der Waals surface area (Å²) >= 11 is 0. The predicted octanol–water partition coefficient (Wildman–Crippen LogP) is 3.31. The van der Waals surface area contributed by atoms with Gasteiger partial charge >= 0.3 is 6.18 Å². The second-order valence-electron chi connectivity index (χ2n) is 6.42. The number of piperidine rings is 1. The van der Waals surface area contributed by atoms with Crippen molar-refractivity contribution in [2.24, 2.45) is 5.92 Å². The quantitative estimate of drug-likeness (QED) is 0.830. The minimum absolute atomic E-state index is 0.0260. The van der Waals surface area contributed by atoms with Gasteiger partial charge in [-0.2, -0.15) is 13.2 Å². The highest BCUT2D eigenvalue weighted by atomic mass is 19.4. The third-order valence-electron chi connectivity index (χ3n) is 4.48. The Morgan fingerprint density at radius 1 is 1.32 bits per heavy atom. The van der Waals surface area contributed by atoms with E-state index in [2.05, 4.69) is 0 Å². The molecular formula is C18H23F3N2O2. The second-order valence-corrected chi connectivity index (χ2v) is 6.42. The Hall–Kier alpha value is -2.05. The summed E-state index contributed by atoms with van der Waals surface area (Å²) in [4.78, 5) is 27.6. The van der Waals surface area contributed by atoms with Crippen LogP contribution in [0.3, 0.4) is 0 Å². The zero-order chi connectivity index (χ0) is 18.6. The molecule has 0 bridgehead atoms. The first-order chi connectivity index (χ1) is 11.7. The molecule has 0 N–H and O–H groups in total.